The fourth-order valence-electron chi connectivity index (χ4n) is 2.57. The fourth-order valence-corrected chi connectivity index (χ4v) is 3.97. The zero-order valence-electron chi connectivity index (χ0n) is 11.3. The summed E-state index contributed by atoms with van der Waals surface area (Å²) in [6, 6.07) is 7.12. The monoisotopic (exact) mass is 330 g/mol. The average molecular weight is 331 g/mol. The van der Waals surface area contributed by atoms with Crippen molar-refractivity contribution in [1.29, 1.82) is 0 Å². The van der Waals surface area contributed by atoms with Gasteiger partial charge < -0.3 is 11.1 Å². The van der Waals surface area contributed by atoms with E-state index in [9.17, 15) is 4.79 Å². The van der Waals surface area contributed by atoms with E-state index in [2.05, 4.69) is 10.3 Å². The van der Waals surface area contributed by atoms with Gasteiger partial charge in [-0.3, -0.25) is 9.36 Å². The second-order valence-electron chi connectivity index (χ2n) is 4.94. The Morgan fingerprint density at radius 3 is 3.09 bits per heavy atom. The van der Waals surface area contributed by atoms with Crippen molar-refractivity contribution in [3.05, 3.63) is 69.6 Å². The molecule has 1 aromatic heterocycles. The van der Waals surface area contributed by atoms with Crippen molar-refractivity contribution in [2.24, 2.45) is 5.73 Å². The van der Waals surface area contributed by atoms with Crippen molar-refractivity contribution in [2.75, 3.05) is 0 Å². The van der Waals surface area contributed by atoms with Gasteiger partial charge in [-0.15, -0.1) is 0 Å². The molecule has 5 nitrogen and oxygen atoms in total. The predicted octanol–water partition coefficient (Wildman–Crippen LogP) is 2.10. The normalized spacial score (nSPS) is 18.9. The summed E-state index contributed by atoms with van der Waals surface area (Å²) in [5.74, 6) is 0. The zero-order valence-corrected chi connectivity index (χ0v) is 12.9. The fraction of sp³-hybridized carbons (Fsp3) is 0.0667. The summed E-state index contributed by atoms with van der Waals surface area (Å²) in [5, 5.41) is 3.70. The first kappa shape index (κ1) is 13.5. The number of allylic oxidation sites excluding steroid dienone is 1. The van der Waals surface area contributed by atoms with Gasteiger partial charge in [0.15, 0.2) is 0 Å². The van der Waals surface area contributed by atoms with E-state index in [0.29, 0.717) is 27.0 Å². The average Bonchev–Trinajstić information content (AvgIpc) is 2.88. The van der Waals surface area contributed by atoms with Crippen molar-refractivity contribution in [3.8, 4) is 5.69 Å². The van der Waals surface area contributed by atoms with Crippen molar-refractivity contribution in [3.63, 3.8) is 0 Å². The number of nitrogens with two attached hydrogens (primary N) is 1. The Balaban J connectivity index is 1.90. The van der Waals surface area contributed by atoms with Crippen molar-refractivity contribution >= 4 is 28.9 Å². The highest BCUT2D eigenvalue weighted by molar-refractivity contribution is 8.00. The summed E-state index contributed by atoms with van der Waals surface area (Å²) in [6.45, 7) is 0. The molecule has 1 aromatic carbocycles. The van der Waals surface area contributed by atoms with Gasteiger partial charge in [0.25, 0.3) is 5.56 Å². The molecule has 22 heavy (non-hydrogen) atoms. The van der Waals surface area contributed by atoms with Crippen LogP contribution in [-0.2, 0) is 0 Å². The molecule has 0 aliphatic carbocycles. The number of benzene rings is 1. The van der Waals surface area contributed by atoms with E-state index in [-0.39, 0.29) is 10.9 Å². The van der Waals surface area contributed by atoms with Gasteiger partial charge >= 0.3 is 0 Å². The summed E-state index contributed by atoms with van der Waals surface area (Å²) in [6.07, 6.45) is 5.10. The van der Waals surface area contributed by atoms with E-state index in [1.165, 1.54) is 22.7 Å². The number of fused-ring (bicyclic) bond motifs is 3. The predicted molar refractivity (Wildman–Crippen MR) is 87.9 cm³/mol. The molecule has 3 N–H and O–H groups in total. The molecule has 1 unspecified atom stereocenters. The molecule has 0 bridgehead atoms. The molecule has 3 heterocycles. The first-order chi connectivity index (χ1) is 10.6. The molecule has 0 amide bonds. The summed E-state index contributed by atoms with van der Waals surface area (Å²) in [5.41, 5.74) is 8.78. The molecular formula is C15H11ClN4OS. The van der Waals surface area contributed by atoms with E-state index >= 15 is 0 Å². The maximum absolute atomic E-state index is 12.8. The summed E-state index contributed by atoms with van der Waals surface area (Å²) < 4.78 is 1.50. The number of thioether (sulfide) groups is 1. The third kappa shape index (κ3) is 1.95. The second kappa shape index (κ2) is 4.93. The Morgan fingerprint density at radius 2 is 2.27 bits per heavy atom. The molecule has 2 aliphatic rings. The molecule has 7 heteroatoms. The Bertz CT molecular complexity index is 903. The molecule has 0 radical (unpaired) electrons. The van der Waals surface area contributed by atoms with Gasteiger partial charge in [-0.1, -0.05) is 29.4 Å². The van der Waals surface area contributed by atoms with Gasteiger partial charge in [-0.2, -0.15) is 0 Å². The number of dihydropyridines is 1. The number of nitrogens with one attached hydrogen (secondary N) is 1. The summed E-state index contributed by atoms with van der Waals surface area (Å²) in [7, 11) is 0. The van der Waals surface area contributed by atoms with Crippen LogP contribution in [0.25, 0.3) is 11.3 Å². The number of aromatic nitrogens is 2. The highest BCUT2D eigenvalue weighted by Crippen LogP contribution is 2.42. The minimum Gasteiger partial charge on any atom is -0.398 e. The van der Waals surface area contributed by atoms with Crippen LogP contribution in [0, 0.1) is 0 Å². The van der Waals surface area contributed by atoms with Crippen LogP contribution in [0.15, 0.2) is 58.3 Å². The van der Waals surface area contributed by atoms with Crippen molar-refractivity contribution in [1.82, 2.24) is 14.9 Å². The van der Waals surface area contributed by atoms with Crippen LogP contribution in [0.1, 0.15) is 5.69 Å². The molecular weight excluding hydrogens is 320 g/mol. The lowest BCUT2D eigenvalue weighted by Gasteiger charge is -2.17. The van der Waals surface area contributed by atoms with E-state index in [1.54, 1.807) is 30.5 Å². The molecule has 2 aromatic rings. The number of nitrogens with zero attached hydrogens (tertiary/aromatic N) is 2. The van der Waals surface area contributed by atoms with Gasteiger partial charge in [0.1, 0.15) is 16.6 Å². The molecule has 2 aliphatic heterocycles. The number of hydrogen-bond donors (Lipinski definition) is 2. The number of hydrogen-bond acceptors (Lipinski definition) is 5. The van der Waals surface area contributed by atoms with E-state index in [4.69, 9.17) is 17.3 Å². The van der Waals surface area contributed by atoms with E-state index in [0.717, 1.165) is 5.57 Å². The Hall–Kier alpha value is -2.18. The molecule has 0 fully saturated rings. The molecule has 0 saturated heterocycles. The maximum atomic E-state index is 12.8. The van der Waals surface area contributed by atoms with Gasteiger partial charge in [-0.05, 0) is 30.5 Å². The minimum absolute atomic E-state index is 0.0598. The zero-order chi connectivity index (χ0) is 15.3. The molecule has 1 atom stereocenters. The summed E-state index contributed by atoms with van der Waals surface area (Å²) >= 11 is 7.43. The molecule has 0 saturated carbocycles. The van der Waals surface area contributed by atoms with E-state index in [1.807, 2.05) is 6.07 Å². The Morgan fingerprint density at radius 1 is 1.41 bits per heavy atom. The van der Waals surface area contributed by atoms with Crippen molar-refractivity contribution < 1.29 is 0 Å². The van der Waals surface area contributed by atoms with Crippen LogP contribution < -0.4 is 16.6 Å². The first-order valence-corrected chi connectivity index (χ1v) is 7.88. The van der Waals surface area contributed by atoms with Crippen LogP contribution in [0.3, 0.4) is 0 Å². The van der Waals surface area contributed by atoms with E-state index < -0.39 is 0 Å². The lowest BCUT2D eigenvalue weighted by atomic mass is 10.1. The summed E-state index contributed by atoms with van der Waals surface area (Å²) in [4.78, 5) is 17.8. The number of halogens is 1. The second-order valence-corrected chi connectivity index (χ2v) is 6.50. The van der Waals surface area contributed by atoms with Gasteiger partial charge in [-0.25, -0.2) is 4.98 Å². The Labute approximate surface area is 135 Å². The van der Waals surface area contributed by atoms with Crippen LogP contribution in [0.5, 0.6) is 0 Å². The standard InChI is InChI=1S/C15H11ClN4OS/c16-8-2-1-3-9(6-8)20-7-19-12-11-10(17)4-5-18-14(11)22-13(12)15(20)21/h1-7,14,18H,17H2. The van der Waals surface area contributed by atoms with Crippen LogP contribution in [0.4, 0.5) is 0 Å². The van der Waals surface area contributed by atoms with Crippen LogP contribution in [0.2, 0.25) is 5.02 Å². The smallest absolute Gasteiger partial charge is 0.272 e. The Kier molecular flexibility index (Phi) is 3.02. The van der Waals surface area contributed by atoms with Crippen LogP contribution in [-0.4, -0.2) is 14.9 Å². The van der Waals surface area contributed by atoms with Gasteiger partial charge in [0.2, 0.25) is 0 Å². The first-order valence-electron chi connectivity index (χ1n) is 6.62. The van der Waals surface area contributed by atoms with Crippen molar-refractivity contribution in [2.45, 2.75) is 10.3 Å². The molecule has 4 rings (SSSR count). The highest BCUT2D eigenvalue weighted by atomic mass is 35.5. The number of rotatable bonds is 1. The topological polar surface area (TPSA) is 72.9 Å². The lowest BCUT2D eigenvalue weighted by Crippen LogP contribution is -2.24. The maximum Gasteiger partial charge on any atom is 0.272 e. The highest BCUT2D eigenvalue weighted by Gasteiger charge is 2.34. The minimum atomic E-state index is -0.117. The third-order valence-electron chi connectivity index (χ3n) is 3.59. The van der Waals surface area contributed by atoms with Gasteiger partial charge in [0.05, 0.1) is 11.4 Å². The lowest BCUT2D eigenvalue weighted by molar-refractivity contribution is 0.878. The third-order valence-corrected chi connectivity index (χ3v) is 5.04. The molecule has 110 valence electrons. The SMILES string of the molecule is NC1=C2c3ncn(-c4cccc(Cl)c4)c(=O)c3SC2NC=C1. The van der Waals surface area contributed by atoms with Crippen LogP contribution >= 0.6 is 23.4 Å². The van der Waals surface area contributed by atoms with Gasteiger partial charge in [0, 0.05) is 16.3 Å². The molecule has 0 spiro atoms. The largest absolute Gasteiger partial charge is 0.398 e. The quantitative estimate of drug-likeness (QED) is 0.837.